The molecule has 0 radical (unpaired) electrons. The summed E-state index contributed by atoms with van der Waals surface area (Å²) >= 11 is 0. The summed E-state index contributed by atoms with van der Waals surface area (Å²) < 4.78 is 0. The zero-order chi connectivity index (χ0) is 10.7. The van der Waals surface area contributed by atoms with Crippen LogP contribution in [0.25, 0.3) is 0 Å². The maximum Gasteiger partial charge on any atom is -0.000824 e. The van der Waals surface area contributed by atoms with Crippen molar-refractivity contribution in [3.8, 4) is 0 Å². The topological polar surface area (TPSA) is 26.0 Å². The fourth-order valence-corrected chi connectivity index (χ4v) is 2.61. The van der Waals surface area contributed by atoms with Crippen LogP contribution in [0.3, 0.4) is 0 Å². The molecule has 0 spiro atoms. The highest BCUT2D eigenvalue weighted by Crippen LogP contribution is 2.27. The predicted octanol–water partition coefficient (Wildman–Crippen LogP) is 3.02. The van der Waals surface area contributed by atoms with Crippen LogP contribution in [0, 0.1) is 0 Å². The SMILES string of the molecule is CCC[C@@H](CN)c1ccc2c(c1)CCC2. The summed E-state index contributed by atoms with van der Waals surface area (Å²) in [6.07, 6.45) is 6.32. The first-order chi connectivity index (χ1) is 7.35. The second kappa shape index (κ2) is 4.80. The van der Waals surface area contributed by atoms with E-state index in [0.717, 1.165) is 6.54 Å². The fourth-order valence-electron chi connectivity index (χ4n) is 2.61. The summed E-state index contributed by atoms with van der Waals surface area (Å²) in [5.41, 5.74) is 10.4. The Morgan fingerprint density at radius 1 is 1.27 bits per heavy atom. The van der Waals surface area contributed by atoms with Crippen molar-refractivity contribution < 1.29 is 0 Å². The number of aryl methyl sites for hydroxylation is 2. The van der Waals surface area contributed by atoms with Gasteiger partial charge in [-0.3, -0.25) is 0 Å². The van der Waals surface area contributed by atoms with E-state index in [1.165, 1.54) is 37.7 Å². The Morgan fingerprint density at radius 3 is 2.80 bits per heavy atom. The molecule has 0 saturated carbocycles. The van der Waals surface area contributed by atoms with Crippen molar-refractivity contribution in [1.29, 1.82) is 0 Å². The molecule has 1 atom stereocenters. The highest BCUT2D eigenvalue weighted by Gasteiger charge is 2.14. The average Bonchev–Trinajstić information content (AvgIpc) is 2.72. The number of nitrogens with two attached hydrogens (primary N) is 1. The standard InChI is InChI=1S/C14H21N/c1-2-4-14(10-15)13-8-7-11-5-3-6-12(11)9-13/h7-9,14H,2-6,10,15H2,1H3/t14-/m0/s1. The van der Waals surface area contributed by atoms with E-state index in [1.807, 2.05) is 0 Å². The molecule has 0 heterocycles. The lowest BCUT2D eigenvalue weighted by Gasteiger charge is -2.15. The van der Waals surface area contributed by atoms with Crippen molar-refractivity contribution in [3.05, 3.63) is 34.9 Å². The third-order valence-corrected chi connectivity index (χ3v) is 3.52. The molecule has 1 nitrogen and oxygen atoms in total. The van der Waals surface area contributed by atoms with Crippen LogP contribution in [0.1, 0.15) is 48.8 Å². The molecule has 0 unspecified atom stereocenters. The number of hydrogen-bond acceptors (Lipinski definition) is 1. The molecular formula is C14H21N. The summed E-state index contributed by atoms with van der Waals surface area (Å²) in [5.74, 6) is 0.570. The van der Waals surface area contributed by atoms with Crippen LogP contribution < -0.4 is 5.73 Å². The molecule has 1 aromatic rings. The Kier molecular flexibility index (Phi) is 3.42. The lowest BCUT2D eigenvalue weighted by molar-refractivity contribution is 0.622. The lowest BCUT2D eigenvalue weighted by Crippen LogP contribution is -2.12. The van der Waals surface area contributed by atoms with Crippen LogP contribution in [0.5, 0.6) is 0 Å². The lowest BCUT2D eigenvalue weighted by atomic mass is 9.92. The van der Waals surface area contributed by atoms with Gasteiger partial charge in [0.25, 0.3) is 0 Å². The van der Waals surface area contributed by atoms with E-state index in [-0.39, 0.29) is 0 Å². The van der Waals surface area contributed by atoms with Gasteiger partial charge in [0, 0.05) is 0 Å². The van der Waals surface area contributed by atoms with Gasteiger partial charge >= 0.3 is 0 Å². The number of hydrogen-bond donors (Lipinski definition) is 1. The molecule has 0 amide bonds. The zero-order valence-electron chi connectivity index (χ0n) is 9.63. The maximum atomic E-state index is 5.84. The van der Waals surface area contributed by atoms with Gasteiger partial charge in [-0.1, -0.05) is 31.5 Å². The molecular weight excluding hydrogens is 182 g/mol. The van der Waals surface area contributed by atoms with Crippen LogP contribution in [0.2, 0.25) is 0 Å². The second-order valence-electron chi connectivity index (χ2n) is 4.60. The van der Waals surface area contributed by atoms with Crippen LogP contribution >= 0.6 is 0 Å². The highest BCUT2D eigenvalue weighted by molar-refractivity contribution is 5.36. The number of fused-ring (bicyclic) bond motifs is 1. The number of rotatable bonds is 4. The van der Waals surface area contributed by atoms with E-state index in [9.17, 15) is 0 Å². The first-order valence-corrected chi connectivity index (χ1v) is 6.17. The van der Waals surface area contributed by atoms with Gasteiger partial charge in [-0.25, -0.2) is 0 Å². The first kappa shape index (κ1) is 10.7. The van der Waals surface area contributed by atoms with Gasteiger partial charge in [-0.15, -0.1) is 0 Å². The van der Waals surface area contributed by atoms with Crippen molar-refractivity contribution in [3.63, 3.8) is 0 Å². The van der Waals surface area contributed by atoms with Crippen LogP contribution in [0.4, 0.5) is 0 Å². The molecule has 1 aromatic carbocycles. The minimum Gasteiger partial charge on any atom is -0.330 e. The van der Waals surface area contributed by atoms with E-state index < -0.39 is 0 Å². The Morgan fingerprint density at radius 2 is 2.07 bits per heavy atom. The largest absolute Gasteiger partial charge is 0.330 e. The molecule has 1 heteroatoms. The van der Waals surface area contributed by atoms with E-state index in [4.69, 9.17) is 5.73 Å². The van der Waals surface area contributed by atoms with E-state index in [0.29, 0.717) is 5.92 Å². The van der Waals surface area contributed by atoms with Crippen molar-refractivity contribution in [1.82, 2.24) is 0 Å². The molecule has 1 aliphatic carbocycles. The number of benzene rings is 1. The Bertz CT molecular complexity index is 330. The summed E-state index contributed by atoms with van der Waals surface area (Å²) in [6, 6.07) is 7.00. The molecule has 15 heavy (non-hydrogen) atoms. The molecule has 0 fully saturated rings. The molecule has 0 aliphatic heterocycles. The summed E-state index contributed by atoms with van der Waals surface area (Å²) in [6.45, 7) is 3.02. The van der Waals surface area contributed by atoms with Gasteiger partial charge in [0.05, 0.1) is 0 Å². The van der Waals surface area contributed by atoms with Gasteiger partial charge in [-0.2, -0.15) is 0 Å². The average molecular weight is 203 g/mol. The van der Waals surface area contributed by atoms with Gasteiger partial charge in [-0.05, 0) is 54.8 Å². The highest BCUT2D eigenvalue weighted by atomic mass is 14.5. The van der Waals surface area contributed by atoms with Gasteiger partial charge in [0.1, 0.15) is 0 Å². The van der Waals surface area contributed by atoms with Gasteiger partial charge < -0.3 is 5.73 Å². The minimum absolute atomic E-state index is 0.570. The normalized spacial score (nSPS) is 16.4. The third-order valence-electron chi connectivity index (χ3n) is 3.52. The van der Waals surface area contributed by atoms with Crippen molar-refractivity contribution in [2.75, 3.05) is 6.54 Å². The van der Waals surface area contributed by atoms with E-state index in [2.05, 4.69) is 25.1 Å². The van der Waals surface area contributed by atoms with E-state index >= 15 is 0 Å². The molecule has 2 N–H and O–H groups in total. The van der Waals surface area contributed by atoms with Gasteiger partial charge in [0.15, 0.2) is 0 Å². The van der Waals surface area contributed by atoms with Crippen LogP contribution in [0.15, 0.2) is 18.2 Å². The molecule has 0 saturated heterocycles. The Hall–Kier alpha value is -0.820. The fraction of sp³-hybridized carbons (Fsp3) is 0.571. The van der Waals surface area contributed by atoms with Crippen molar-refractivity contribution in [2.45, 2.75) is 44.9 Å². The van der Waals surface area contributed by atoms with E-state index in [1.54, 1.807) is 11.1 Å². The van der Waals surface area contributed by atoms with Crippen molar-refractivity contribution >= 4 is 0 Å². The van der Waals surface area contributed by atoms with Gasteiger partial charge in [0.2, 0.25) is 0 Å². The smallest absolute Gasteiger partial charge is 0.000824 e. The summed E-state index contributed by atoms with van der Waals surface area (Å²) in [7, 11) is 0. The van der Waals surface area contributed by atoms with Crippen LogP contribution in [-0.4, -0.2) is 6.54 Å². The van der Waals surface area contributed by atoms with Crippen molar-refractivity contribution in [2.24, 2.45) is 5.73 Å². The summed E-state index contributed by atoms with van der Waals surface area (Å²) in [4.78, 5) is 0. The maximum absolute atomic E-state index is 5.84. The first-order valence-electron chi connectivity index (χ1n) is 6.17. The third kappa shape index (κ3) is 2.23. The minimum atomic E-state index is 0.570. The Labute approximate surface area is 92.7 Å². The molecule has 82 valence electrons. The quantitative estimate of drug-likeness (QED) is 0.799. The predicted molar refractivity (Wildman–Crippen MR) is 65.2 cm³/mol. The molecule has 2 rings (SSSR count). The molecule has 1 aliphatic rings. The monoisotopic (exact) mass is 203 g/mol. The zero-order valence-corrected chi connectivity index (χ0v) is 9.63. The summed E-state index contributed by atoms with van der Waals surface area (Å²) in [5, 5.41) is 0. The molecule has 0 bridgehead atoms. The Balaban J connectivity index is 2.20. The molecule has 0 aromatic heterocycles. The second-order valence-corrected chi connectivity index (χ2v) is 4.60. The van der Waals surface area contributed by atoms with Crippen LogP contribution in [-0.2, 0) is 12.8 Å².